The van der Waals surface area contributed by atoms with Crippen LogP contribution >= 0.6 is 15.9 Å². The van der Waals surface area contributed by atoms with E-state index in [1.54, 1.807) is 43.8 Å². The van der Waals surface area contributed by atoms with Crippen molar-refractivity contribution in [2.45, 2.75) is 73.0 Å². The van der Waals surface area contributed by atoms with Gasteiger partial charge in [-0.25, -0.2) is 14.3 Å². The van der Waals surface area contributed by atoms with E-state index in [1.165, 1.54) is 25.6 Å². The second kappa shape index (κ2) is 27.4. The Balaban J connectivity index is 0.000000169. The van der Waals surface area contributed by atoms with Crippen molar-refractivity contribution >= 4 is 47.4 Å². The van der Waals surface area contributed by atoms with E-state index in [2.05, 4.69) is 80.8 Å². The van der Waals surface area contributed by atoms with E-state index >= 15 is 0 Å². The molecule has 392 valence electrons. The maximum atomic E-state index is 11.8. The van der Waals surface area contributed by atoms with Gasteiger partial charge in [-0.1, -0.05) is 111 Å². The summed E-state index contributed by atoms with van der Waals surface area (Å²) >= 11 is 3.17. The number of ketones is 1. The van der Waals surface area contributed by atoms with Crippen LogP contribution in [0.5, 0.6) is 0 Å². The lowest BCUT2D eigenvalue weighted by molar-refractivity contribution is 0.0598. The van der Waals surface area contributed by atoms with Gasteiger partial charge >= 0.3 is 11.9 Å². The minimum Gasteiger partial charge on any atom is -0.478 e. The minimum absolute atomic E-state index is 0.0554. The van der Waals surface area contributed by atoms with Crippen molar-refractivity contribution in [2.24, 2.45) is 0 Å². The smallest absolute Gasteiger partial charge is 0.339 e. The first kappa shape index (κ1) is 57.1. The highest BCUT2D eigenvalue weighted by Crippen LogP contribution is 2.30. The van der Waals surface area contributed by atoms with Crippen molar-refractivity contribution in [3.05, 3.63) is 207 Å². The molecule has 0 spiro atoms. The molecule has 0 saturated carbocycles. The number of carboxylic acid groups (broad SMARTS) is 1. The summed E-state index contributed by atoms with van der Waals surface area (Å²) in [5.41, 5.74) is 20.7. The zero-order valence-corrected chi connectivity index (χ0v) is 46.6. The quantitative estimate of drug-likeness (QED) is 0.0324. The molecule has 16 nitrogen and oxygen atoms in total. The van der Waals surface area contributed by atoms with Crippen LogP contribution in [0, 0.1) is 20.8 Å². The van der Waals surface area contributed by atoms with Gasteiger partial charge in [0.25, 0.3) is 0 Å². The molecule has 0 aliphatic rings. The number of H-pyrrole nitrogens is 2. The number of nitrogens with one attached hydrogen (secondary N) is 2. The number of aryl methyl sites for hydroxylation is 2. The van der Waals surface area contributed by atoms with Crippen molar-refractivity contribution in [3.63, 3.8) is 0 Å². The third-order valence-corrected chi connectivity index (χ3v) is 14.4. The Labute approximate surface area is 452 Å². The Hall–Kier alpha value is -8.19. The minimum atomic E-state index is -1.05. The number of aromatic amines is 2. The van der Waals surface area contributed by atoms with Crippen molar-refractivity contribution in [1.82, 2.24) is 45.1 Å². The number of hydrogen-bond acceptors (Lipinski definition) is 12. The first-order valence-electron chi connectivity index (χ1n) is 24.4. The zero-order chi connectivity index (χ0) is 54.8. The number of aromatic nitrogens is 9. The summed E-state index contributed by atoms with van der Waals surface area (Å²) in [5, 5.41) is 28.7. The van der Waals surface area contributed by atoms with Crippen molar-refractivity contribution in [3.8, 4) is 33.8 Å². The van der Waals surface area contributed by atoms with Crippen LogP contribution in [0.15, 0.2) is 151 Å². The Morgan fingerprint density at radius 1 is 0.658 bits per heavy atom. The van der Waals surface area contributed by atoms with Gasteiger partial charge in [-0.2, -0.15) is 15.3 Å². The number of halogens is 1. The molecule has 0 fully saturated rings. The number of nitrogen functional groups attached to an aromatic ring is 1. The predicted molar refractivity (Wildman–Crippen MR) is 303 cm³/mol. The average Bonchev–Trinajstić information content (AvgIpc) is 4.08. The van der Waals surface area contributed by atoms with Crippen molar-refractivity contribution in [2.75, 3.05) is 19.5 Å². The average molecular weight is 1100 g/mol. The molecule has 0 aliphatic heterocycles. The van der Waals surface area contributed by atoms with Gasteiger partial charge in [0.1, 0.15) is 12.4 Å². The lowest BCUT2D eigenvalue weighted by atomic mass is 9.96. The highest BCUT2D eigenvalue weighted by Gasteiger charge is 2.19. The van der Waals surface area contributed by atoms with Gasteiger partial charge in [-0.15, -0.1) is 0 Å². The Morgan fingerprint density at radius 2 is 1.11 bits per heavy atom. The predicted octanol–water partition coefficient (Wildman–Crippen LogP) is 12.0. The molecule has 0 aliphatic carbocycles. The van der Waals surface area contributed by atoms with E-state index < -0.39 is 14.0 Å². The third kappa shape index (κ3) is 15.7. The molecule has 18 heteroatoms. The summed E-state index contributed by atoms with van der Waals surface area (Å²) in [5.74, 6) is -1.25. The summed E-state index contributed by atoms with van der Waals surface area (Å²) in [6.45, 7) is 15.8. The molecule has 5 N–H and O–H groups in total. The number of benzene rings is 3. The molecule has 0 unspecified atom stereocenters. The van der Waals surface area contributed by atoms with Crippen molar-refractivity contribution < 1.29 is 29.0 Å². The van der Waals surface area contributed by atoms with Gasteiger partial charge in [-0.05, 0) is 79.0 Å². The number of carbonyl (C=O) groups excluding carboxylic acids is 2. The van der Waals surface area contributed by atoms with Gasteiger partial charge in [0.2, 0.25) is 0 Å². The van der Waals surface area contributed by atoms with E-state index in [4.69, 9.17) is 10.5 Å². The second-order valence-electron chi connectivity index (χ2n) is 18.8. The standard InChI is InChI=1S/C18H17N3O.C17H15N3O2.C16H25N3OSi.C7H6BrNO2/c1-12-17(10-15-11-19-9-8-16(15)13(2)22)18(21-20-12)14-6-4-3-5-7-14;1-11-15(9-13-10-18-8-7-14(13)17(21)22)16(20-19-11)12-5-3-2-4-6-12;1-13-15(17)16(14-8-6-5-7-9-14)18-19(13)12-20-10-11-21(2,3)4;1-11-7(10)5-2-3-9-4-6(5)8/h3-9,11H,10H2,1-2H3,(H,20,21);2-8,10H,9H2,1H3,(H,19,20)(H,21,22);5-9H,10-12,17H2,1-4H3;2-4H,1H3. The molecule has 9 aromatic rings. The van der Waals surface area contributed by atoms with Crippen LogP contribution in [-0.4, -0.2) is 89.7 Å². The highest BCUT2D eigenvalue weighted by atomic mass is 79.9. The van der Waals surface area contributed by atoms with E-state index in [0.29, 0.717) is 35.2 Å². The molecule has 3 aromatic carbocycles. The van der Waals surface area contributed by atoms with Gasteiger partial charge in [0.15, 0.2) is 5.78 Å². The summed E-state index contributed by atoms with van der Waals surface area (Å²) < 4.78 is 12.8. The molecule has 0 bridgehead atoms. The summed E-state index contributed by atoms with van der Waals surface area (Å²) in [4.78, 5) is 46.1. The number of Topliss-reactive ketones (excluding diaryl/α,β-unsaturated/α-hetero) is 1. The fraction of sp³-hybridized carbons (Fsp3) is 0.224. The first-order chi connectivity index (χ1) is 36.5. The lowest BCUT2D eigenvalue weighted by Crippen LogP contribution is -2.22. The number of carbonyl (C=O) groups is 3. The Morgan fingerprint density at radius 3 is 1.55 bits per heavy atom. The topological polar surface area (TPSA) is 230 Å². The molecule has 6 heterocycles. The molecular weight excluding hydrogens is 1040 g/mol. The first-order valence-corrected chi connectivity index (χ1v) is 28.9. The number of anilines is 1. The number of ether oxygens (including phenoxy) is 2. The van der Waals surface area contributed by atoms with Gasteiger partial charge in [-0.3, -0.25) is 29.9 Å². The number of nitrogens with zero attached hydrogens (tertiary/aromatic N) is 7. The normalized spacial score (nSPS) is 10.8. The summed E-state index contributed by atoms with van der Waals surface area (Å²) in [7, 11) is 0.296. The molecule has 0 atom stereocenters. The van der Waals surface area contributed by atoms with Crippen LogP contribution in [0.1, 0.15) is 77.3 Å². The number of esters is 1. The Bertz CT molecular complexity index is 3200. The molecule has 76 heavy (non-hydrogen) atoms. The number of nitrogens with two attached hydrogens (primary N) is 1. The second-order valence-corrected chi connectivity index (χ2v) is 25.2. The Kier molecular flexibility index (Phi) is 20.6. The summed E-state index contributed by atoms with van der Waals surface area (Å²) in [6, 6.07) is 35.9. The maximum Gasteiger partial charge on any atom is 0.339 e. The van der Waals surface area contributed by atoms with E-state index in [1.807, 2.05) is 116 Å². The molecule has 0 amide bonds. The van der Waals surface area contributed by atoms with Crippen LogP contribution in [-0.2, 0) is 29.0 Å². The highest BCUT2D eigenvalue weighted by molar-refractivity contribution is 9.10. The van der Waals surface area contributed by atoms with Crippen LogP contribution in [0.4, 0.5) is 5.69 Å². The van der Waals surface area contributed by atoms with E-state index in [-0.39, 0.29) is 17.3 Å². The SMILES string of the molecule is CC(=O)c1ccncc1Cc1c(-c2ccccc2)n[nH]c1C.COC(=O)c1ccncc1Br.Cc1[nH]nc(-c2ccccc2)c1Cc1cnccc1C(=O)O.Cc1c(N)c(-c2ccccc2)nn1COCC[Si](C)(C)C. The van der Waals surface area contributed by atoms with Gasteiger partial charge in [0, 0.05) is 109 Å². The van der Waals surface area contributed by atoms with Gasteiger partial charge in [0.05, 0.1) is 45.5 Å². The molecule has 0 radical (unpaired) electrons. The number of aromatic carboxylic acids is 1. The van der Waals surface area contributed by atoms with Crippen LogP contribution in [0.3, 0.4) is 0 Å². The number of carboxylic acids is 1. The number of rotatable bonds is 15. The number of hydrogen-bond donors (Lipinski definition) is 4. The van der Waals surface area contributed by atoms with Gasteiger partial charge < -0.3 is 20.3 Å². The largest absolute Gasteiger partial charge is 0.478 e. The van der Waals surface area contributed by atoms with Crippen LogP contribution in [0.2, 0.25) is 25.7 Å². The molecule has 9 rings (SSSR count). The summed E-state index contributed by atoms with van der Waals surface area (Å²) in [6.07, 6.45) is 10.7. The zero-order valence-electron chi connectivity index (χ0n) is 44.0. The maximum absolute atomic E-state index is 11.8. The molecular formula is C58H63BrN10O6Si. The fourth-order valence-electron chi connectivity index (χ4n) is 7.75. The van der Waals surface area contributed by atoms with Crippen LogP contribution in [0.25, 0.3) is 33.8 Å². The van der Waals surface area contributed by atoms with Crippen LogP contribution < -0.4 is 5.73 Å². The number of methoxy groups -OCH3 is 1. The number of pyridine rings is 3. The molecule has 0 saturated heterocycles. The third-order valence-electron chi connectivity index (χ3n) is 12.1. The fourth-order valence-corrected chi connectivity index (χ4v) is 8.92. The van der Waals surface area contributed by atoms with E-state index in [0.717, 1.165) is 91.4 Å². The van der Waals surface area contributed by atoms with E-state index in [9.17, 15) is 19.5 Å². The lowest BCUT2D eigenvalue weighted by Gasteiger charge is -2.15. The monoisotopic (exact) mass is 1100 g/mol. The molecule has 6 aromatic heterocycles. The van der Waals surface area contributed by atoms with Crippen molar-refractivity contribution in [1.29, 1.82) is 0 Å².